The van der Waals surface area contributed by atoms with Crippen molar-refractivity contribution in [2.24, 2.45) is 12.5 Å². The molecule has 1 saturated carbocycles. The Morgan fingerprint density at radius 2 is 2.12 bits per heavy atom. The lowest BCUT2D eigenvalue weighted by Crippen LogP contribution is -2.35. The van der Waals surface area contributed by atoms with Crippen molar-refractivity contribution in [3.8, 4) is 0 Å². The van der Waals surface area contributed by atoms with Crippen LogP contribution in [0.3, 0.4) is 0 Å². The van der Waals surface area contributed by atoms with Gasteiger partial charge in [0.2, 0.25) is 0 Å². The average molecular weight is 256 g/mol. The van der Waals surface area contributed by atoms with Crippen molar-refractivity contribution in [3.05, 3.63) is 17.2 Å². The summed E-state index contributed by atoms with van der Waals surface area (Å²) in [5, 5.41) is 4.29. The van der Waals surface area contributed by atoms with Gasteiger partial charge in [0.05, 0.1) is 12.7 Å². The van der Waals surface area contributed by atoms with Gasteiger partial charge in [0, 0.05) is 13.1 Å². The van der Waals surface area contributed by atoms with Gasteiger partial charge in [-0.1, -0.05) is 25.4 Å². The minimum Gasteiger partial charge on any atom is -0.321 e. The van der Waals surface area contributed by atoms with Crippen molar-refractivity contribution in [3.63, 3.8) is 0 Å². The van der Waals surface area contributed by atoms with E-state index in [1.165, 1.54) is 25.7 Å². The SMILES string of the molecule is Cn1c(Cl)cnc1CNC1CCC(C)(C)CC1. The Morgan fingerprint density at radius 3 is 2.65 bits per heavy atom. The average Bonchev–Trinajstić information content (AvgIpc) is 2.59. The minimum atomic E-state index is 0.532. The predicted octanol–water partition coefficient (Wildman–Crippen LogP) is 3.13. The summed E-state index contributed by atoms with van der Waals surface area (Å²) in [5.74, 6) is 1.01. The van der Waals surface area contributed by atoms with E-state index in [4.69, 9.17) is 11.6 Å². The Morgan fingerprint density at radius 1 is 1.47 bits per heavy atom. The van der Waals surface area contributed by atoms with E-state index in [9.17, 15) is 0 Å². The third kappa shape index (κ3) is 3.23. The van der Waals surface area contributed by atoms with E-state index >= 15 is 0 Å². The van der Waals surface area contributed by atoms with E-state index in [0.717, 1.165) is 12.4 Å². The molecule has 17 heavy (non-hydrogen) atoms. The molecule has 0 spiro atoms. The number of imidazole rings is 1. The molecule has 0 bridgehead atoms. The highest BCUT2D eigenvalue weighted by Gasteiger charge is 2.26. The van der Waals surface area contributed by atoms with Crippen LogP contribution in [0.25, 0.3) is 0 Å². The Balaban J connectivity index is 1.82. The standard InChI is InChI=1S/C13H22ClN3/c1-13(2)6-4-10(5-7-13)15-9-12-16-8-11(14)17(12)3/h8,10,15H,4-7,9H2,1-3H3. The van der Waals surface area contributed by atoms with Crippen molar-refractivity contribution in [1.82, 2.24) is 14.9 Å². The first-order valence-corrected chi connectivity index (χ1v) is 6.75. The van der Waals surface area contributed by atoms with Gasteiger partial charge in [-0.3, -0.25) is 0 Å². The molecule has 3 nitrogen and oxygen atoms in total. The molecule has 0 saturated heterocycles. The molecule has 1 aromatic heterocycles. The molecule has 1 aromatic rings. The van der Waals surface area contributed by atoms with E-state index in [1.807, 2.05) is 11.6 Å². The number of rotatable bonds is 3. The zero-order valence-electron chi connectivity index (χ0n) is 11.0. The van der Waals surface area contributed by atoms with Gasteiger partial charge in [0.15, 0.2) is 0 Å². The maximum absolute atomic E-state index is 5.96. The number of halogens is 1. The van der Waals surface area contributed by atoms with Crippen LogP contribution < -0.4 is 5.32 Å². The molecular weight excluding hydrogens is 234 g/mol. The molecule has 0 radical (unpaired) electrons. The molecule has 2 rings (SSSR count). The topological polar surface area (TPSA) is 29.9 Å². The second kappa shape index (κ2) is 4.99. The highest BCUT2D eigenvalue weighted by Crippen LogP contribution is 2.35. The van der Waals surface area contributed by atoms with Crippen LogP contribution in [0.5, 0.6) is 0 Å². The minimum absolute atomic E-state index is 0.532. The van der Waals surface area contributed by atoms with Crippen LogP contribution in [0.2, 0.25) is 5.15 Å². The van der Waals surface area contributed by atoms with Gasteiger partial charge in [-0.05, 0) is 31.1 Å². The van der Waals surface area contributed by atoms with Crippen molar-refractivity contribution in [2.75, 3.05) is 0 Å². The van der Waals surface area contributed by atoms with E-state index in [-0.39, 0.29) is 0 Å². The second-order valence-electron chi connectivity index (χ2n) is 5.88. The van der Waals surface area contributed by atoms with E-state index < -0.39 is 0 Å². The Kier molecular flexibility index (Phi) is 3.79. The zero-order chi connectivity index (χ0) is 12.5. The van der Waals surface area contributed by atoms with Crippen LogP contribution in [-0.4, -0.2) is 15.6 Å². The van der Waals surface area contributed by atoms with Crippen LogP contribution >= 0.6 is 11.6 Å². The van der Waals surface area contributed by atoms with Crippen LogP contribution in [-0.2, 0) is 13.6 Å². The third-order valence-corrected chi connectivity index (χ3v) is 4.27. The maximum atomic E-state index is 5.96. The fourth-order valence-corrected chi connectivity index (χ4v) is 2.57. The summed E-state index contributed by atoms with van der Waals surface area (Å²) in [6.45, 7) is 5.54. The summed E-state index contributed by atoms with van der Waals surface area (Å²) in [7, 11) is 1.95. The first kappa shape index (κ1) is 12.9. The lowest BCUT2D eigenvalue weighted by molar-refractivity contribution is 0.205. The van der Waals surface area contributed by atoms with Crippen molar-refractivity contribution in [1.29, 1.82) is 0 Å². The molecule has 0 atom stereocenters. The molecule has 1 aliphatic rings. The van der Waals surface area contributed by atoms with Gasteiger partial charge in [-0.2, -0.15) is 0 Å². The quantitative estimate of drug-likeness (QED) is 0.899. The first-order valence-electron chi connectivity index (χ1n) is 6.37. The van der Waals surface area contributed by atoms with Crippen LogP contribution in [0, 0.1) is 5.41 Å². The number of hydrogen-bond donors (Lipinski definition) is 1. The number of nitrogens with zero attached hydrogens (tertiary/aromatic N) is 2. The summed E-state index contributed by atoms with van der Waals surface area (Å²) in [6, 6.07) is 0.638. The molecule has 1 aliphatic carbocycles. The summed E-state index contributed by atoms with van der Waals surface area (Å²) in [4.78, 5) is 4.30. The highest BCUT2D eigenvalue weighted by molar-refractivity contribution is 6.29. The summed E-state index contributed by atoms with van der Waals surface area (Å²) < 4.78 is 1.93. The van der Waals surface area contributed by atoms with Gasteiger partial charge in [0.25, 0.3) is 0 Å². The van der Waals surface area contributed by atoms with Gasteiger partial charge in [-0.25, -0.2) is 4.98 Å². The normalized spacial score (nSPS) is 20.7. The lowest BCUT2D eigenvalue weighted by atomic mass is 9.75. The van der Waals surface area contributed by atoms with Gasteiger partial charge in [-0.15, -0.1) is 0 Å². The fourth-order valence-electron chi connectivity index (χ4n) is 2.43. The molecular formula is C13H22ClN3. The van der Waals surface area contributed by atoms with Crippen LogP contribution in [0.15, 0.2) is 6.20 Å². The number of nitrogens with one attached hydrogen (secondary N) is 1. The number of aromatic nitrogens is 2. The molecule has 0 unspecified atom stereocenters. The third-order valence-electron chi connectivity index (χ3n) is 3.92. The number of hydrogen-bond acceptors (Lipinski definition) is 2. The lowest BCUT2D eigenvalue weighted by Gasteiger charge is -2.34. The second-order valence-corrected chi connectivity index (χ2v) is 6.26. The molecule has 1 heterocycles. The molecule has 1 N–H and O–H groups in total. The molecule has 96 valence electrons. The van der Waals surface area contributed by atoms with E-state index in [0.29, 0.717) is 16.6 Å². The Bertz CT molecular complexity index is 374. The molecule has 4 heteroatoms. The molecule has 0 aromatic carbocycles. The predicted molar refractivity (Wildman–Crippen MR) is 71.1 cm³/mol. The fraction of sp³-hybridized carbons (Fsp3) is 0.769. The van der Waals surface area contributed by atoms with E-state index in [2.05, 4.69) is 24.1 Å². The zero-order valence-corrected chi connectivity index (χ0v) is 11.7. The Labute approximate surface area is 109 Å². The largest absolute Gasteiger partial charge is 0.321 e. The molecule has 0 aliphatic heterocycles. The van der Waals surface area contributed by atoms with Gasteiger partial charge < -0.3 is 9.88 Å². The maximum Gasteiger partial charge on any atom is 0.128 e. The highest BCUT2D eigenvalue weighted by atomic mass is 35.5. The summed E-state index contributed by atoms with van der Waals surface area (Å²) in [6.07, 6.45) is 6.87. The van der Waals surface area contributed by atoms with Crippen LogP contribution in [0.1, 0.15) is 45.4 Å². The van der Waals surface area contributed by atoms with Crippen LogP contribution in [0.4, 0.5) is 0 Å². The molecule has 0 amide bonds. The van der Waals surface area contributed by atoms with Crippen molar-refractivity contribution >= 4 is 11.6 Å². The monoisotopic (exact) mass is 255 g/mol. The summed E-state index contributed by atoms with van der Waals surface area (Å²) in [5.41, 5.74) is 0.532. The van der Waals surface area contributed by atoms with Gasteiger partial charge in [0.1, 0.15) is 11.0 Å². The van der Waals surface area contributed by atoms with Crippen molar-refractivity contribution < 1.29 is 0 Å². The summed E-state index contributed by atoms with van der Waals surface area (Å²) >= 11 is 5.96. The van der Waals surface area contributed by atoms with Crippen molar-refractivity contribution in [2.45, 2.75) is 52.1 Å². The van der Waals surface area contributed by atoms with E-state index in [1.54, 1.807) is 6.20 Å². The Hall–Kier alpha value is -0.540. The van der Waals surface area contributed by atoms with Gasteiger partial charge >= 0.3 is 0 Å². The molecule has 1 fully saturated rings. The smallest absolute Gasteiger partial charge is 0.128 e. The first-order chi connectivity index (χ1) is 7.98.